The van der Waals surface area contributed by atoms with Gasteiger partial charge in [-0.2, -0.15) is 0 Å². The highest BCUT2D eigenvalue weighted by Crippen LogP contribution is 2.39. The van der Waals surface area contributed by atoms with Gasteiger partial charge in [-0.05, 0) is 58.0 Å². The zero-order chi connectivity index (χ0) is 19.9. The molecule has 2 aromatic heterocycles. The number of rotatable bonds is 3. The number of halogens is 2. The lowest BCUT2D eigenvalue weighted by Gasteiger charge is -2.38. The Kier molecular flexibility index (Phi) is 4.86. The quantitative estimate of drug-likeness (QED) is 0.629. The van der Waals surface area contributed by atoms with Crippen molar-refractivity contribution in [2.75, 3.05) is 0 Å². The molecule has 5 nitrogen and oxygen atoms in total. The van der Waals surface area contributed by atoms with Crippen molar-refractivity contribution in [3.8, 4) is 5.69 Å². The van der Waals surface area contributed by atoms with Gasteiger partial charge in [-0.1, -0.05) is 17.7 Å². The van der Waals surface area contributed by atoms with Gasteiger partial charge in [0.15, 0.2) is 0 Å². The van der Waals surface area contributed by atoms with Crippen molar-refractivity contribution in [3.63, 3.8) is 0 Å². The molecule has 0 aliphatic carbocycles. The molecule has 1 N–H and O–H groups in total. The van der Waals surface area contributed by atoms with E-state index in [1.165, 1.54) is 17.0 Å². The van der Waals surface area contributed by atoms with Crippen LogP contribution in [0.1, 0.15) is 39.4 Å². The largest absolute Gasteiger partial charge is 0.465 e. The molecule has 0 radical (unpaired) electrons. The standard InChI is InChI=1S/C20H21ClFN3O2/c1-12(25(19(26)27)20(2,3)4)17-16(21)15-9-6-10-23-18(15)24(17)14-8-5-7-13(22)11-14/h5-12H,1-4H3,(H,26,27). The zero-order valence-corrected chi connectivity index (χ0v) is 16.3. The molecule has 1 amide bonds. The Morgan fingerprint density at radius 3 is 2.59 bits per heavy atom. The summed E-state index contributed by atoms with van der Waals surface area (Å²) in [4.78, 5) is 17.7. The summed E-state index contributed by atoms with van der Waals surface area (Å²) >= 11 is 6.67. The first-order valence-electron chi connectivity index (χ1n) is 8.56. The number of amides is 1. The van der Waals surface area contributed by atoms with Crippen LogP contribution < -0.4 is 0 Å². The summed E-state index contributed by atoms with van der Waals surface area (Å²) in [5, 5.41) is 10.9. The lowest BCUT2D eigenvalue weighted by Crippen LogP contribution is -2.46. The molecule has 7 heteroatoms. The van der Waals surface area contributed by atoms with Crippen LogP contribution >= 0.6 is 11.6 Å². The average molecular weight is 390 g/mol. The molecule has 1 atom stereocenters. The van der Waals surface area contributed by atoms with E-state index in [9.17, 15) is 14.3 Å². The van der Waals surface area contributed by atoms with Crippen molar-refractivity contribution in [2.24, 2.45) is 0 Å². The third-order valence-corrected chi connectivity index (χ3v) is 4.88. The Bertz CT molecular complexity index is 1010. The number of fused-ring (bicyclic) bond motifs is 1. The molecule has 1 aromatic carbocycles. The van der Waals surface area contributed by atoms with E-state index < -0.39 is 23.5 Å². The SMILES string of the molecule is CC(c1c(Cl)c2cccnc2n1-c1cccc(F)c1)N(C(=O)O)C(C)(C)C. The van der Waals surface area contributed by atoms with Crippen LogP contribution in [-0.2, 0) is 0 Å². The normalized spacial score (nSPS) is 13.0. The second-order valence-electron chi connectivity index (χ2n) is 7.39. The van der Waals surface area contributed by atoms with E-state index in [2.05, 4.69) is 4.98 Å². The fourth-order valence-corrected chi connectivity index (χ4v) is 3.89. The van der Waals surface area contributed by atoms with Crippen molar-refractivity contribution >= 4 is 28.7 Å². The Labute approximate surface area is 162 Å². The highest BCUT2D eigenvalue weighted by atomic mass is 35.5. The number of nitrogens with zero attached hydrogens (tertiary/aromatic N) is 3. The van der Waals surface area contributed by atoms with Gasteiger partial charge in [0.1, 0.15) is 11.5 Å². The molecule has 3 rings (SSSR count). The zero-order valence-electron chi connectivity index (χ0n) is 15.6. The Morgan fingerprint density at radius 1 is 1.30 bits per heavy atom. The molecule has 0 saturated carbocycles. The molecule has 0 fully saturated rings. The number of aromatic nitrogens is 2. The minimum Gasteiger partial charge on any atom is -0.465 e. The topological polar surface area (TPSA) is 58.4 Å². The molecule has 0 aliphatic heterocycles. The predicted octanol–water partition coefficient (Wildman–Crippen LogP) is 5.66. The molecule has 0 bridgehead atoms. The predicted molar refractivity (Wildman–Crippen MR) is 104 cm³/mol. The van der Waals surface area contributed by atoms with Gasteiger partial charge >= 0.3 is 6.09 Å². The molecular weight excluding hydrogens is 369 g/mol. The molecule has 0 spiro atoms. The number of benzene rings is 1. The number of hydrogen-bond donors (Lipinski definition) is 1. The first-order chi connectivity index (χ1) is 12.6. The van der Waals surface area contributed by atoms with Crippen molar-refractivity contribution in [3.05, 3.63) is 59.1 Å². The molecule has 27 heavy (non-hydrogen) atoms. The number of carboxylic acid groups (broad SMARTS) is 1. The van der Waals surface area contributed by atoms with Gasteiger partial charge in [0.25, 0.3) is 0 Å². The fourth-order valence-electron chi connectivity index (χ4n) is 3.50. The maximum absolute atomic E-state index is 13.9. The van der Waals surface area contributed by atoms with Crippen molar-refractivity contribution < 1.29 is 14.3 Å². The summed E-state index contributed by atoms with van der Waals surface area (Å²) < 4.78 is 15.6. The Hall–Kier alpha value is -2.60. The highest BCUT2D eigenvalue weighted by molar-refractivity contribution is 6.36. The van der Waals surface area contributed by atoms with Crippen molar-refractivity contribution in [1.82, 2.24) is 14.5 Å². The molecule has 1 unspecified atom stereocenters. The van der Waals surface area contributed by atoms with Gasteiger partial charge in [-0.15, -0.1) is 0 Å². The fraction of sp³-hybridized carbons (Fsp3) is 0.300. The van der Waals surface area contributed by atoms with Gasteiger partial charge < -0.3 is 5.11 Å². The third kappa shape index (κ3) is 3.37. The van der Waals surface area contributed by atoms with Gasteiger partial charge in [0, 0.05) is 17.1 Å². The lowest BCUT2D eigenvalue weighted by molar-refractivity contribution is 0.0737. The number of pyridine rings is 1. The molecule has 2 heterocycles. The monoisotopic (exact) mass is 389 g/mol. The number of hydrogen-bond acceptors (Lipinski definition) is 2. The van der Waals surface area contributed by atoms with Gasteiger partial charge in [-0.25, -0.2) is 14.2 Å². The Balaban J connectivity index is 2.34. The molecular formula is C20H21ClFN3O2. The van der Waals surface area contributed by atoms with Crippen molar-refractivity contribution in [1.29, 1.82) is 0 Å². The summed E-state index contributed by atoms with van der Waals surface area (Å²) in [6.07, 6.45) is 0.566. The molecule has 0 aliphatic rings. The third-order valence-electron chi connectivity index (χ3n) is 4.48. The minimum atomic E-state index is -1.06. The molecule has 142 valence electrons. The summed E-state index contributed by atoms with van der Waals surface area (Å²) in [5.74, 6) is -0.397. The maximum atomic E-state index is 13.9. The maximum Gasteiger partial charge on any atom is 0.408 e. The highest BCUT2D eigenvalue weighted by Gasteiger charge is 2.35. The summed E-state index contributed by atoms with van der Waals surface area (Å²) in [6.45, 7) is 7.23. The van der Waals surface area contributed by atoms with E-state index in [-0.39, 0.29) is 0 Å². The summed E-state index contributed by atoms with van der Waals surface area (Å²) in [6, 6.07) is 9.06. The van der Waals surface area contributed by atoms with Crippen LogP contribution in [0.15, 0.2) is 42.6 Å². The minimum absolute atomic E-state index is 0.397. The number of carbonyl (C=O) groups is 1. The van der Waals surface area contributed by atoms with E-state index in [0.29, 0.717) is 27.4 Å². The smallest absolute Gasteiger partial charge is 0.408 e. The van der Waals surface area contributed by atoms with Crippen LogP contribution in [0.2, 0.25) is 5.02 Å². The lowest BCUT2D eigenvalue weighted by atomic mass is 10.0. The first-order valence-corrected chi connectivity index (χ1v) is 8.93. The van der Waals surface area contributed by atoms with Gasteiger partial charge in [-0.3, -0.25) is 9.47 Å². The van der Waals surface area contributed by atoms with E-state index in [4.69, 9.17) is 11.6 Å². The van der Waals surface area contributed by atoms with Crippen molar-refractivity contribution in [2.45, 2.75) is 39.3 Å². The van der Waals surface area contributed by atoms with Crippen LogP contribution in [0.4, 0.5) is 9.18 Å². The molecule has 0 saturated heterocycles. The van der Waals surface area contributed by atoms with Crippen LogP contribution in [0, 0.1) is 5.82 Å². The van der Waals surface area contributed by atoms with Crippen LogP contribution in [0.3, 0.4) is 0 Å². The van der Waals surface area contributed by atoms with Gasteiger partial charge in [0.05, 0.1) is 22.4 Å². The van der Waals surface area contributed by atoms with Crippen LogP contribution in [0.25, 0.3) is 16.7 Å². The molecule has 3 aromatic rings. The van der Waals surface area contributed by atoms with Crippen LogP contribution in [0.5, 0.6) is 0 Å². The average Bonchev–Trinajstić information content (AvgIpc) is 2.86. The second-order valence-corrected chi connectivity index (χ2v) is 7.77. The van der Waals surface area contributed by atoms with E-state index in [1.807, 2.05) is 26.8 Å². The second kappa shape index (κ2) is 6.85. The first kappa shape index (κ1) is 19.2. The Morgan fingerprint density at radius 2 is 2.00 bits per heavy atom. The summed E-state index contributed by atoms with van der Waals surface area (Å²) in [5.41, 5.74) is 0.972. The van der Waals surface area contributed by atoms with E-state index >= 15 is 0 Å². The van der Waals surface area contributed by atoms with E-state index in [1.54, 1.807) is 35.9 Å². The van der Waals surface area contributed by atoms with Crippen LogP contribution in [-0.4, -0.2) is 31.2 Å². The van der Waals surface area contributed by atoms with E-state index in [0.717, 1.165) is 0 Å². The van der Waals surface area contributed by atoms with Gasteiger partial charge in [0.2, 0.25) is 0 Å². The summed E-state index contributed by atoms with van der Waals surface area (Å²) in [7, 11) is 0.